The summed E-state index contributed by atoms with van der Waals surface area (Å²) < 4.78 is 5.02. The standard InChI is InChI=1S/C16H23NO4/c1-12(11-21-3)10-15(18)17(2)9-8-13-6-4-5-7-14(13)16(19)20/h4-7,12H,8-11H2,1-3H3,(H,19,20). The number of ether oxygens (including phenoxy) is 1. The van der Waals surface area contributed by atoms with E-state index in [-0.39, 0.29) is 11.8 Å². The predicted octanol–water partition coefficient (Wildman–Crippen LogP) is 2.06. The van der Waals surface area contributed by atoms with Crippen molar-refractivity contribution in [3.05, 3.63) is 35.4 Å². The van der Waals surface area contributed by atoms with E-state index >= 15 is 0 Å². The van der Waals surface area contributed by atoms with Gasteiger partial charge in [0.05, 0.1) is 5.56 Å². The molecule has 1 unspecified atom stereocenters. The van der Waals surface area contributed by atoms with E-state index in [1.165, 1.54) is 0 Å². The van der Waals surface area contributed by atoms with Gasteiger partial charge in [-0.25, -0.2) is 4.79 Å². The number of methoxy groups -OCH3 is 1. The van der Waals surface area contributed by atoms with Crippen LogP contribution >= 0.6 is 0 Å². The molecular weight excluding hydrogens is 270 g/mol. The summed E-state index contributed by atoms with van der Waals surface area (Å²) in [6.07, 6.45) is 0.967. The maximum Gasteiger partial charge on any atom is 0.335 e. The number of amides is 1. The number of hydrogen-bond acceptors (Lipinski definition) is 3. The number of aromatic carboxylic acids is 1. The Balaban J connectivity index is 2.55. The van der Waals surface area contributed by atoms with Gasteiger partial charge in [0.25, 0.3) is 0 Å². The highest BCUT2D eigenvalue weighted by Gasteiger charge is 2.15. The lowest BCUT2D eigenvalue weighted by molar-refractivity contribution is -0.131. The lowest BCUT2D eigenvalue weighted by Gasteiger charge is -2.19. The number of likely N-dealkylation sites (N-methyl/N-ethyl adjacent to an activating group) is 1. The molecule has 0 bridgehead atoms. The van der Waals surface area contributed by atoms with E-state index in [4.69, 9.17) is 9.84 Å². The van der Waals surface area contributed by atoms with Gasteiger partial charge in [0.15, 0.2) is 0 Å². The number of carbonyl (C=O) groups is 2. The Morgan fingerprint density at radius 3 is 2.62 bits per heavy atom. The first-order valence-electron chi connectivity index (χ1n) is 6.99. The van der Waals surface area contributed by atoms with Crippen molar-refractivity contribution in [2.75, 3.05) is 27.3 Å². The van der Waals surface area contributed by atoms with Crippen LogP contribution in [0.3, 0.4) is 0 Å². The largest absolute Gasteiger partial charge is 0.478 e. The molecule has 1 atom stereocenters. The van der Waals surface area contributed by atoms with Crippen LogP contribution in [0.4, 0.5) is 0 Å². The third-order valence-electron chi connectivity index (χ3n) is 3.36. The van der Waals surface area contributed by atoms with E-state index in [0.29, 0.717) is 31.6 Å². The van der Waals surface area contributed by atoms with E-state index in [2.05, 4.69) is 0 Å². The molecule has 116 valence electrons. The summed E-state index contributed by atoms with van der Waals surface area (Å²) in [6, 6.07) is 6.88. The zero-order valence-electron chi connectivity index (χ0n) is 12.8. The van der Waals surface area contributed by atoms with Gasteiger partial charge in [-0.15, -0.1) is 0 Å². The van der Waals surface area contributed by atoms with Crippen LogP contribution in [0, 0.1) is 5.92 Å². The van der Waals surface area contributed by atoms with Gasteiger partial charge >= 0.3 is 5.97 Å². The Morgan fingerprint density at radius 1 is 1.33 bits per heavy atom. The predicted molar refractivity (Wildman–Crippen MR) is 80.4 cm³/mol. The second-order valence-electron chi connectivity index (χ2n) is 5.29. The third kappa shape index (κ3) is 5.55. The molecule has 0 saturated carbocycles. The van der Waals surface area contributed by atoms with Crippen molar-refractivity contribution in [3.8, 4) is 0 Å². The first kappa shape index (κ1) is 17.2. The number of carboxylic acids is 1. The van der Waals surface area contributed by atoms with Crippen LogP contribution in [0.5, 0.6) is 0 Å². The van der Waals surface area contributed by atoms with Gasteiger partial charge in [-0.05, 0) is 24.0 Å². The normalized spacial score (nSPS) is 12.0. The highest BCUT2D eigenvalue weighted by Crippen LogP contribution is 2.11. The average molecular weight is 293 g/mol. The zero-order chi connectivity index (χ0) is 15.8. The second-order valence-corrected chi connectivity index (χ2v) is 5.29. The lowest BCUT2D eigenvalue weighted by atomic mass is 10.0. The molecule has 0 radical (unpaired) electrons. The molecule has 0 aromatic heterocycles. The van der Waals surface area contributed by atoms with Crippen molar-refractivity contribution in [2.45, 2.75) is 19.8 Å². The summed E-state index contributed by atoms with van der Waals surface area (Å²) in [5, 5.41) is 9.12. The van der Waals surface area contributed by atoms with E-state index in [1.54, 1.807) is 37.3 Å². The van der Waals surface area contributed by atoms with E-state index in [0.717, 1.165) is 5.56 Å². The topological polar surface area (TPSA) is 66.8 Å². The minimum Gasteiger partial charge on any atom is -0.478 e. The molecule has 5 nitrogen and oxygen atoms in total. The highest BCUT2D eigenvalue weighted by molar-refractivity contribution is 5.89. The van der Waals surface area contributed by atoms with Crippen LogP contribution in [-0.2, 0) is 16.0 Å². The van der Waals surface area contributed by atoms with Gasteiger partial charge in [0, 0.05) is 33.7 Å². The van der Waals surface area contributed by atoms with Gasteiger partial charge in [-0.3, -0.25) is 4.79 Å². The van der Waals surface area contributed by atoms with Gasteiger partial charge < -0.3 is 14.7 Å². The maximum absolute atomic E-state index is 12.0. The molecule has 1 aromatic rings. The number of hydrogen-bond donors (Lipinski definition) is 1. The molecule has 0 saturated heterocycles. The first-order chi connectivity index (χ1) is 9.95. The van der Waals surface area contributed by atoms with E-state index < -0.39 is 5.97 Å². The fourth-order valence-electron chi connectivity index (χ4n) is 2.16. The third-order valence-corrected chi connectivity index (χ3v) is 3.36. The molecule has 1 amide bonds. The monoisotopic (exact) mass is 293 g/mol. The highest BCUT2D eigenvalue weighted by atomic mass is 16.5. The summed E-state index contributed by atoms with van der Waals surface area (Å²) in [4.78, 5) is 24.8. The zero-order valence-corrected chi connectivity index (χ0v) is 12.8. The number of carbonyl (C=O) groups excluding carboxylic acids is 1. The molecule has 0 aliphatic rings. The fourth-order valence-corrected chi connectivity index (χ4v) is 2.16. The van der Waals surface area contributed by atoms with E-state index in [1.807, 2.05) is 13.0 Å². The maximum atomic E-state index is 12.0. The number of rotatable bonds is 8. The Labute approximate surface area is 125 Å². The smallest absolute Gasteiger partial charge is 0.335 e. The van der Waals surface area contributed by atoms with Crippen LogP contribution in [0.15, 0.2) is 24.3 Å². The van der Waals surface area contributed by atoms with Gasteiger partial charge in [-0.1, -0.05) is 25.1 Å². The Bertz CT molecular complexity index is 487. The molecule has 0 aliphatic carbocycles. The van der Waals surface area contributed by atoms with Crippen molar-refractivity contribution in [1.82, 2.24) is 4.90 Å². The van der Waals surface area contributed by atoms with Crippen LogP contribution < -0.4 is 0 Å². The quantitative estimate of drug-likeness (QED) is 0.796. The molecule has 1 N–H and O–H groups in total. The van der Waals surface area contributed by atoms with Crippen molar-refractivity contribution in [3.63, 3.8) is 0 Å². The second kappa shape index (κ2) is 8.42. The molecule has 1 aromatic carbocycles. The Hall–Kier alpha value is -1.88. The summed E-state index contributed by atoms with van der Waals surface area (Å²) in [5.41, 5.74) is 1.04. The van der Waals surface area contributed by atoms with Crippen LogP contribution in [0.1, 0.15) is 29.3 Å². The SMILES string of the molecule is COCC(C)CC(=O)N(C)CCc1ccccc1C(=O)O. The number of carboxylic acid groups (broad SMARTS) is 1. The Morgan fingerprint density at radius 2 is 2.00 bits per heavy atom. The molecule has 0 spiro atoms. The first-order valence-corrected chi connectivity index (χ1v) is 6.99. The summed E-state index contributed by atoms with van der Waals surface area (Å²) in [7, 11) is 3.36. The van der Waals surface area contributed by atoms with Crippen molar-refractivity contribution in [1.29, 1.82) is 0 Å². The van der Waals surface area contributed by atoms with E-state index in [9.17, 15) is 9.59 Å². The molecule has 21 heavy (non-hydrogen) atoms. The molecule has 5 heteroatoms. The molecule has 0 fully saturated rings. The van der Waals surface area contributed by atoms with Crippen LogP contribution in [0.2, 0.25) is 0 Å². The minimum atomic E-state index is -0.937. The lowest BCUT2D eigenvalue weighted by Crippen LogP contribution is -2.30. The van der Waals surface area contributed by atoms with Crippen molar-refractivity contribution in [2.24, 2.45) is 5.92 Å². The number of benzene rings is 1. The molecule has 0 heterocycles. The number of nitrogens with zero attached hydrogens (tertiary/aromatic N) is 1. The van der Waals surface area contributed by atoms with Crippen LogP contribution in [-0.4, -0.2) is 49.2 Å². The molecule has 1 rings (SSSR count). The summed E-state index contributed by atoms with van der Waals surface area (Å²) >= 11 is 0. The minimum absolute atomic E-state index is 0.0485. The van der Waals surface area contributed by atoms with Crippen molar-refractivity contribution < 1.29 is 19.4 Å². The Kier molecular flexibility index (Phi) is 6.88. The summed E-state index contributed by atoms with van der Waals surface area (Å²) in [6.45, 7) is 3.03. The average Bonchev–Trinajstić information content (AvgIpc) is 2.45. The van der Waals surface area contributed by atoms with Gasteiger partial charge in [0.1, 0.15) is 0 Å². The molecular formula is C16H23NO4. The van der Waals surface area contributed by atoms with Gasteiger partial charge in [0.2, 0.25) is 5.91 Å². The van der Waals surface area contributed by atoms with Gasteiger partial charge in [-0.2, -0.15) is 0 Å². The summed E-state index contributed by atoms with van der Waals surface area (Å²) in [5.74, 6) is -0.711. The van der Waals surface area contributed by atoms with Crippen LogP contribution in [0.25, 0.3) is 0 Å². The van der Waals surface area contributed by atoms with Crippen molar-refractivity contribution >= 4 is 11.9 Å². The molecule has 0 aliphatic heterocycles. The fraction of sp³-hybridized carbons (Fsp3) is 0.500.